The van der Waals surface area contributed by atoms with Gasteiger partial charge in [0.05, 0.1) is 5.69 Å². The maximum Gasteiger partial charge on any atom is 0.328 e. The van der Waals surface area contributed by atoms with Crippen LogP contribution in [-0.2, 0) is 4.79 Å². The second kappa shape index (κ2) is 5.00. The highest BCUT2D eigenvalue weighted by Crippen LogP contribution is 2.09. The molecule has 14 heavy (non-hydrogen) atoms. The van der Waals surface area contributed by atoms with Crippen LogP contribution in [0.2, 0.25) is 0 Å². The van der Waals surface area contributed by atoms with E-state index >= 15 is 0 Å². The van der Waals surface area contributed by atoms with Gasteiger partial charge in [-0.2, -0.15) is 0 Å². The van der Waals surface area contributed by atoms with Crippen LogP contribution in [0, 0.1) is 12.3 Å². The fourth-order valence-electron chi connectivity index (χ4n) is 0.721. The maximum atomic E-state index is 10.1. The highest BCUT2D eigenvalue weighted by molar-refractivity contribution is 7.10. The normalized spacial score (nSPS) is 10.8. The van der Waals surface area contributed by atoms with E-state index in [2.05, 4.69) is 10.9 Å². The molecule has 0 amide bonds. The molecule has 4 heteroatoms. The third-order valence-electron chi connectivity index (χ3n) is 1.26. The molecule has 1 heterocycles. The number of carboxylic acids is 1. The molecule has 70 valence electrons. The number of carbonyl (C=O) groups is 1. The third-order valence-corrected chi connectivity index (χ3v) is 2.05. The first-order valence-electron chi connectivity index (χ1n) is 3.72. The van der Waals surface area contributed by atoms with Crippen LogP contribution >= 0.6 is 11.3 Å². The maximum absolute atomic E-state index is 10.1. The summed E-state index contributed by atoms with van der Waals surface area (Å²) in [5.74, 6) is 1.44. The average molecular weight is 205 g/mol. The molecular weight excluding hydrogens is 198 g/mol. The first kappa shape index (κ1) is 10.2. The number of aromatic nitrogens is 1. The fourth-order valence-corrected chi connectivity index (χ4v) is 1.31. The van der Waals surface area contributed by atoms with Gasteiger partial charge in [0.25, 0.3) is 0 Å². The summed E-state index contributed by atoms with van der Waals surface area (Å²) < 4.78 is 0. The number of thiazole rings is 1. The van der Waals surface area contributed by atoms with Crippen molar-refractivity contribution >= 4 is 23.4 Å². The van der Waals surface area contributed by atoms with Gasteiger partial charge in [-0.15, -0.1) is 17.8 Å². The van der Waals surface area contributed by atoms with Crippen molar-refractivity contribution in [1.29, 1.82) is 0 Å². The van der Waals surface area contributed by atoms with Crippen LogP contribution in [0.15, 0.2) is 23.6 Å². The van der Waals surface area contributed by atoms with Crippen molar-refractivity contribution in [2.45, 2.75) is 0 Å². The zero-order valence-corrected chi connectivity index (χ0v) is 7.99. The Morgan fingerprint density at radius 1 is 1.64 bits per heavy atom. The van der Waals surface area contributed by atoms with Crippen molar-refractivity contribution in [1.82, 2.24) is 4.98 Å². The minimum Gasteiger partial charge on any atom is -0.478 e. The number of rotatable bonds is 3. The summed E-state index contributed by atoms with van der Waals surface area (Å²) in [6.45, 7) is 0. The number of nitrogens with zero attached hydrogens (tertiary/aromatic N) is 1. The Balaban J connectivity index is 2.61. The topological polar surface area (TPSA) is 50.2 Å². The van der Waals surface area contributed by atoms with Gasteiger partial charge in [0.1, 0.15) is 0 Å². The first-order chi connectivity index (χ1) is 6.72. The number of carboxylic acid groups (broad SMARTS) is 1. The van der Waals surface area contributed by atoms with Crippen LogP contribution in [0.25, 0.3) is 6.08 Å². The molecule has 0 radical (unpaired) electrons. The summed E-state index contributed by atoms with van der Waals surface area (Å²) in [4.78, 5) is 14.2. The molecule has 0 spiro atoms. The quantitative estimate of drug-likeness (QED) is 0.465. The van der Waals surface area contributed by atoms with Gasteiger partial charge in [-0.25, -0.2) is 9.78 Å². The van der Waals surface area contributed by atoms with Crippen molar-refractivity contribution in [2.24, 2.45) is 0 Å². The van der Waals surface area contributed by atoms with E-state index < -0.39 is 5.97 Å². The van der Waals surface area contributed by atoms with Crippen molar-refractivity contribution in [3.05, 3.63) is 34.3 Å². The molecule has 0 unspecified atom stereocenters. The molecule has 0 saturated carbocycles. The smallest absolute Gasteiger partial charge is 0.328 e. The lowest BCUT2D eigenvalue weighted by Gasteiger charge is -1.79. The van der Waals surface area contributed by atoms with Gasteiger partial charge in [-0.05, 0) is 12.0 Å². The Kier molecular flexibility index (Phi) is 3.65. The van der Waals surface area contributed by atoms with E-state index in [1.54, 1.807) is 17.5 Å². The van der Waals surface area contributed by atoms with Gasteiger partial charge >= 0.3 is 5.97 Å². The zero-order chi connectivity index (χ0) is 10.4. The molecule has 0 atom stereocenters. The van der Waals surface area contributed by atoms with E-state index in [1.807, 2.05) is 0 Å². The molecule has 0 aromatic carbocycles. The van der Waals surface area contributed by atoms with E-state index in [0.29, 0.717) is 5.01 Å². The van der Waals surface area contributed by atoms with E-state index in [-0.39, 0.29) is 0 Å². The molecule has 3 nitrogen and oxygen atoms in total. The van der Waals surface area contributed by atoms with Crippen LogP contribution in [0.4, 0.5) is 0 Å². The summed E-state index contributed by atoms with van der Waals surface area (Å²) in [6.07, 6.45) is 10.9. The molecule has 1 rings (SSSR count). The molecule has 0 aliphatic carbocycles. The number of allylic oxidation sites excluding steroid dienone is 2. The lowest BCUT2D eigenvalue weighted by molar-refractivity contribution is -0.131. The van der Waals surface area contributed by atoms with Crippen LogP contribution in [0.3, 0.4) is 0 Å². The monoisotopic (exact) mass is 205 g/mol. The number of hydrogen-bond donors (Lipinski definition) is 1. The van der Waals surface area contributed by atoms with E-state index in [0.717, 1.165) is 11.8 Å². The Hall–Kier alpha value is -1.86. The SMILES string of the molecule is C#Cc1nc(/C=C/C=C/C(=O)O)cs1. The molecule has 1 aromatic heterocycles. The largest absolute Gasteiger partial charge is 0.478 e. The van der Waals surface area contributed by atoms with E-state index in [9.17, 15) is 4.79 Å². The molecule has 0 bridgehead atoms. The molecule has 0 fully saturated rings. The fraction of sp³-hybridized carbons (Fsp3) is 0. The van der Waals surface area contributed by atoms with Crippen molar-refractivity contribution < 1.29 is 9.90 Å². The van der Waals surface area contributed by atoms with Gasteiger partial charge in [-0.3, -0.25) is 0 Å². The summed E-state index contributed by atoms with van der Waals surface area (Å²) in [5.41, 5.74) is 0.734. The third kappa shape index (κ3) is 3.25. The van der Waals surface area contributed by atoms with Gasteiger partial charge < -0.3 is 5.11 Å². The van der Waals surface area contributed by atoms with Gasteiger partial charge in [0, 0.05) is 11.5 Å². The molecule has 0 aliphatic heterocycles. The summed E-state index contributed by atoms with van der Waals surface area (Å²) >= 11 is 1.37. The standard InChI is InChI=1S/C10H7NO2S/c1-2-9-11-8(7-14-9)5-3-4-6-10(12)13/h1,3-7H,(H,12,13)/b5-3+,6-4+. The average Bonchev–Trinajstić information content (AvgIpc) is 2.60. The van der Waals surface area contributed by atoms with E-state index in [4.69, 9.17) is 11.5 Å². The summed E-state index contributed by atoms with van der Waals surface area (Å²) in [7, 11) is 0. The van der Waals surface area contributed by atoms with Gasteiger partial charge in [0.15, 0.2) is 5.01 Å². The highest BCUT2D eigenvalue weighted by Gasteiger charge is 1.93. The Morgan fingerprint density at radius 2 is 2.43 bits per heavy atom. The van der Waals surface area contributed by atoms with Gasteiger partial charge in [0.2, 0.25) is 0 Å². The molecular formula is C10H7NO2S. The van der Waals surface area contributed by atoms with Crippen molar-refractivity contribution in [3.8, 4) is 12.3 Å². The lowest BCUT2D eigenvalue weighted by Crippen LogP contribution is -1.84. The summed E-state index contributed by atoms with van der Waals surface area (Å²) in [5, 5.41) is 10.7. The Morgan fingerprint density at radius 3 is 3.00 bits per heavy atom. The molecule has 0 saturated heterocycles. The second-order valence-corrected chi connectivity index (χ2v) is 3.14. The molecule has 1 N–H and O–H groups in total. The van der Waals surface area contributed by atoms with Crippen LogP contribution in [-0.4, -0.2) is 16.1 Å². The van der Waals surface area contributed by atoms with Crippen LogP contribution in [0.5, 0.6) is 0 Å². The minimum absolute atomic E-state index is 0.617. The minimum atomic E-state index is -0.975. The predicted octanol–water partition coefficient (Wildman–Crippen LogP) is 1.78. The number of hydrogen-bond acceptors (Lipinski definition) is 3. The van der Waals surface area contributed by atoms with Crippen molar-refractivity contribution in [2.75, 3.05) is 0 Å². The molecule has 1 aromatic rings. The first-order valence-corrected chi connectivity index (χ1v) is 4.60. The van der Waals surface area contributed by atoms with Crippen LogP contribution < -0.4 is 0 Å². The molecule has 0 aliphatic rings. The lowest BCUT2D eigenvalue weighted by atomic mass is 10.4. The zero-order valence-electron chi connectivity index (χ0n) is 7.18. The predicted molar refractivity (Wildman–Crippen MR) is 55.9 cm³/mol. The summed E-state index contributed by atoms with van der Waals surface area (Å²) in [6, 6.07) is 0. The van der Waals surface area contributed by atoms with E-state index in [1.165, 1.54) is 17.4 Å². The van der Waals surface area contributed by atoms with Crippen LogP contribution in [0.1, 0.15) is 10.7 Å². The Labute approximate surface area is 85.4 Å². The number of aliphatic carboxylic acids is 1. The van der Waals surface area contributed by atoms with Gasteiger partial charge in [-0.1, -0.05) is 12.2 Å². The number of terminal acetylenes is 1. The Bertz CT molecular complexity index is 424. The van der Waals surface area contributed by atoms with Crippen molar-refractivity contribution in [3.63, 3.8) is 0 Å². The highest BCUT2D eigenvalue weighted by atomic mass is 32.1. The second-order valence-electron chi connectivity index (χ2n) is 2.28.